The molecule has 3 aromatic rings. The molecule has 0 saturated heterocycles. The number of carbonyl (C=O) groups excluding carboxylic acids is 1. The van der Waals surface area contributed by atoms with Gasteiger partial charge < -0.3 is 15.4 Å². The number of rotatable bonds is 7. The number of pyridine rings is 1. The van der Waals surface area contributed by atoms with Gasteiger partial charge in [0.05, 0.1) is 5.02 Å². The van der Waals surface area contributed by atoms with E-state index in [9.17, 15) is 4.79 Å². The second kappa shape index (κ2) is 9.05. The van der Waals surface area contributed by atoms with Crippen molar-refractivity contribution < 1.29 is 9.53 Å². The Hall–Kier alpha value is -3.05. The SMILES string of the molecule is CC(Nc1ccc(OCc2ccccc2)cc1)C(=O)Nc1ccc(Cl)cn1. The maximum atomic E-state index is 12.3. The number of hydrogen-bond donors (Lipinski definition) is 2. The molecule has 1 amide bonds. The number of hydrogen-bond acceptors (Lipinski definition) is 4. The minimum atomic E-state index is -0.432. The van der Waals surface area contributed by atoms with Gasteiger partial charge in [-0.2, -0.15) is 0 Å². The van der Waals surface area contributed by atoms with Crippen LogP contribution in [-0.2, 0) is 11.4 Å². The Morgan fingerprint density at radius 1 is 1.07 bits per heavy atom. The zero-order valence-corrected chi connectivity index (χ0v) is 15.6. The van der Waals surface area contributed by atoms with E-state index in [-0.39, 0.29) is 5.91 Å². The van der Waals surface area contributed by atoms with E-state index in [0.29, 0.717) is 17.4 Å². The van der Waals surface area contributed by atoms with Gasteiger partial charge in [-0.3, -0.25) is 4.79 Å². The minimum absolute atomic E-state index is 0.186. The molecule has 27 heavy (non-hydrogen) atoms. The lowest BCUT2D eigenvalue weighted by atomic mass is 10.2. The van der Waals surface area contributed by atoms with Crippen molar-refractivity contribution in [2.24, 2.45) is 0 Å². The van der Waals surface area contributed by atoms with Crippen LogP contribution >= 0.6 is 11.6 Å². The third-order valence-corrected chi connectivity index (χ3v) is 4.08. The number of anilines is 2. The lowest BCUT2D eigenvalue weighted by molar-refractivity contribution is -0.116. The Morgan fingerprint density at radius 2 is 1.81 bits per heavy atom. The van der Waals surface area contributed by atoms with Crippen LogP contribution in [0.15, 0.2) is 72.9 Å². The highest BCUT2D eigenvalue weighted by atomic mass is 35.5. The molecule has 5 nitrogen and oxygen atoms in total. The fourth-order valence-electron chi connectivity index (χ4n) is 2.39. The standard InChI is InChI=1S/C21H20ClN3O2/c1-15(21(26)25-20-12-7-17(22)13-23-20)24-18-8-10-19(11-9-18)27-14-16-5-3-2-4-6-16/h2-13,15,24H,14H2,1H3,(H,23,25,26). The molecule has 1 atom stereocenters. The molecule has 2 aromatic carbocycles. The zero-order valence-electron chi connectivity index (χ0n) is 14.9. The molecule has 0 radical (unpaired) electrons. The van der Waals surface area contributed by atoms with Gasteiger partial charge in [-0.05, 0) is 48.9 Å². The molecule has 1 aromatic heterocycles. The molecule has 3 rings (SSSR count). The van der Waals surface area contributed by atoms with Gasteiger partial charge in [0, 0.05) is 11.9 Å². The minimum Gasteiger partial charge on any atom is -0.489 e. The molecular weight excluding hydrogens is 362 g/mol. The van der Waals surface area contributed by atoms with E-state index < -0.39 is 6.04 Å². The molecule has 2 N–H and O–H groups in total. The van der Waals surface area contributed by atoms with Gasteiger partial charge in [0.2, 0.25) is 5.91 Å². The van der Waals surface area contributed by atoms with E-state index in [0.717, 1.165) is 17.0 Å². The normalized spacial score (nSPS) is 11.5. The number of aromatic nitrogens is 1. The number of amides is 1. The van der Waals surface area contributed by atoms with Gasteiger partial charge in [0.25, 0.3) is 0 Å². The van der Waals surface area contributed by atoms with Gasteiger partial charge in [-0.15, -0.1) is 0 Å². The molecule has 0 aliphatic carbocycles. The molecule has 0 spiro atoms. The number of benzene rings is 2. The van der Waals surface area contributed by atoms with Crippen molar-refractivity contribution in [3.8, 4) is 5.75 Å². The first-order valence-corrected chi connectivity index (χ1v) is 8.94. The molecule has 6 heteroatoms. The van der Waals surface area contributed by atoms with E-state index in [4.69, 9.17) is 16.3 Å². The third-order valence-electron chi connectivity index (χ3n) is 3.86. The van der Waals surface area contributed by atoms with Crippen molar-refractivity contribution in [2.75, 3.05) is 10.6 Å². The van der Waals surface area contributed by atoms with E-state index in [2.05, 4.69) is 15.6 Å². The molecule has 0 fully saturated rings. The second-order valence-corrected chi connectivity index (χ2v) is 6.45. The van der Waals surface area contributed by atoms with Crippen LogP contribution < -0.4 is 15.4 Å². The first-order chi connectivity index (χ1) is 13.1. The van der Waals surface area contributed by atoms with Crippen LogP contribution in [0.4, 0.5) is 11.5 Å². The van der Waals surface area contributed by atoms with Gasteiger partial charge in [-0.25, -0.2) is 4.98 Å². The van der Waals surface area contributed by atoms with E-state index >= 15 is 0 Å². The van der Waals surface area contributed by atoms with Gasteiger partial charge in [0.1, 0.15) is 24.2 Å². The predicted octanol–water partition coefficient (Wildman–Crippen LogP) is 4.75. The summed E-state index contributed by atoms with van der Waals surface area (Å²) in [6.07, 6.45) is 1.49. The Kier molecular flexibility index (Phi) is 6.28. The van der Waals surface area contributed by atoms with Crippen molar-refractivity contribution in [3.63, 3.8) is 0 Å². The number of nitrogens with zero attached hydrogens (tertiary/aromatic N) is 1. The van der Waals surface area contributed by atoms with Crippen molar-refractivity contribution in [3.05, 3.63) is 83.5 Å². The van der Waals surface area contributed by atoms with E-state index in [1.165, 1.54) is 6.20 Å². The summed E-state index contributed by atoms with van der Waals surface area (Å²) in [6.45, 7) is 2.30. The van der Waals surface area contributed by atoms with E-state index in [1.807, 2.05) is 54.6 Å². The van der Waals surface area contributed by atoms with Crippen LogP contribution in [0.5, 0.6) is 5.75 Å². The summed E-state index contributed by atoms with van der Waals surface area (Å²) in [7, 11) is 0. The molecule has 1 unspecified atom stereocenters. The molecule has 0 bridgehead atoms. The fourth-order valence-corrected chi connectivity index (χ4v) is 2.50. The fraction of sp³-hybridized carbons (Fsp3) is 0.143. The Labute approximate surface area is 163 Å². The largest absolute Gasteiger partial charge is 0.489 e. The Morgan fingerprint density at radius 3 is 2.48 bits per heavy atom. The van der Waals surface area contributed by atoms with Crippen molar-refractivity contribution in [1.82, 2.24) is 4.98 Å². The molecular formula is C21H20ClN3O2. The third kappa shape index (κ3) is 5.72. The number of carbonyl (C=O) groups is 1. The van der Waals surface area contributed by atoms with Crippen LogP contribution in [0.3, 0.4) is 0 Å². The number of nitrogens with one attached hydrogen (secondary N) is 2. The second-order valence-electron chi connectivity index (χ2n) is 6.02. The first-order valence-electron chi connectivity index (χ1n) is 8.56. The summed E-state index contributed by atoms with van der Waals surface area (Å²) < 4.78 is 5.76. The average molecular weight is 382 g/mol. The lowest BCUT2D eigenvalue weighted by Gasteiger charge is -2.15. The highest BCUT2D eigenvalue weighted by Gasteiger charge is 2.13. The summed E-state index contributed by atoms with van der Waals surface area (Å²) >= 11 is 5.79. The number of halogens is 1. The molecule has 0 aliphatic heterocycles. The van der Waals surface area contributed by atoms with Gasteiger partial charge in [0.15, 0.2) is 0 Å². The van der Waals surface area contributed by atoms with Gasteiger partial charge >= 0.3 is 0 Å². The Bertz CT molecular complexity index is 868. The first kappa shape index (κ1) is 18.7. The maximum absolute atomic E-state index is 12.3. The predicted molar refractivity (Wildman–Crippen MR) is 108 cm³/mol. The van der Waals surface area contributed by atoms with Crippen LogP contribution in [0.25, 0.3) is 0 Å². The highest BCUT2D eigenvalue weighted by molar-refractivity contribution is 6.30. The summed E-state index contributed by atoms with van der Waals surface area (Å²) in [5, 5.41) is 6.42. The molecule has 0 aliphatic rings. The smallest absolute Gasteiger partial charge is 0.247 e. The van der Waals surface area contributed by atoms with Crippen molar-refractivity contribution in [1.29, 1.82) is 0 Å². The van der Waals surface area contributed by atoms with Crippen LogP contribution in [0.1, 0.15) is 12.5 Å². The average Bonchev–Trinajstić information content (AvgIpc) is 2.70. The molecule has 138 valence electrons. The summed E-state index contributed by atoms with van der Waals surface area (Å²) in [5.41, 5.74) is 1.94. The maximum Gasteiger partial charge on any atom is 0.247 e. The van der Waals surface area contributed by atoms with E-state index in [1.54, 1.807) is 19.1 Å². The lowest BCUT2D eigenvalue weighted by Crippen LogP contribution is -2.32. The van der Waals surface area contributed by atoms with Crippen LogP contribution in [-0.4, -0.2) is 16.9 Å². The van der Waals surface area contributed by atoms with Crippen LogP contribution in [0.2, 0.25) is 5.02 Å². The van der Waals surface area contributed by atoms with Crippen molar-refractivity contribution >= 4 is 29.0 Å². The topological polar surface area (TPSA) is 63.2 Å². The summed E-state index contributed by atoms with van der Waals surface area (Å²) in [6, 6.07) is 20.4. The number of ether oxygens (including phenoxy) is 1. The molecule has 1 heterocycles. The molecule has 0 saturated carbocycles. The Balaban J connectivity index is 1.51. The summed E-state index contributed by atoms with van der Waals surface area (Å²) in [5.74, 6) is 1.05. The van der Waals surface area contributed by atoms with Crippen LogP contribution in [0, 0.1) is 0 Å². The highest BCUT2D eigenvalue weighted by Crippen LogP contribution is 2.18. The monoisotopic (exact) mass is 381 g/mol. The van der Waals surface area contributed by atoms with Gasteiger partial charge in [-0.1, -0.05) is 41.9 Å². The zero-order chi connectivity index (χ0) is 19.1. The quantitative estimate of drug-likeness (QED) is 0.619. The van der Waals surface area contributed by atoms with Crippen molar-refractivity contribution in [2.45, 2.75) is 19.6 Å². The summed E-state index contributed by atoms with van der Waals surface area (Å²) in [4.78, 5) is 16.3.